The van der Waals surface area contributed by atoms with Gasteiger partial charge in [-0.05, 0) is 26.0 Å². The van der Waals surface area contributed by atoms with Crippen LogP contribution in [0.1, 0.15) is 24.2 Å². The van der Waals surface area contributed by atoms with Crippen molar-refractivity contribution in [3.8, 4) is 12.3 Å². The summed E-state index contributed by atoms with van der Waals surface area (Å²) in [6.45, 7) is 5.62. The molecule has 1 fully saturated rings. The normalized spacial score (nSPS) is 22.1. The number of morpholine rings is 1. The predicted molar refractivity (Wildman–Crippen MR) is 75.6 cm³/mol. The molecule has 0 spiro atoms. The third-order valence-corrected chi connectivity index (χ3v) is 3.01. The molecule has 2 heterocycles. The van der Waals surface area contributed by atoms with Gasteiger partial charge in [-0.25, -0.2) is 9.78 Å². The monoisotopic (exact) mass is 274 g/mol. The number of ether oxygens (including phenoxy) is 2. The van der Waals surface area contributed by atoms with E-state index in [1.165, 1.54) is 6.20 Å². The summed E-state index contributed by atoms with van der Waals surface area (Å²) in [4.78, 5) is 18.1. The summed E-state index contributed by atoms with van der Waals surface area (Å²) in [5, 5.41) is 0. The summed E-state index contributed by atoms with van der Waals surface area (Å²) in [6, 6.07) is 3.52. The van der Waals surface area contributed by atoms with Gasteiger partial charge in [0.1, 0.15) is 5.82 Å². The van der Waals surface area contributed by atoms with E-state index in [0.29, 0.717) is 5.56 Å². The molecule has 0 aromatic carbocycles. The van der Waals surface area contributed by atoms with E-state index in [0.717, 1.165) is 18.9 Å². The van der Waals surface area contributed by atoms with Crippen molar-refractivity contribution in [3.05, 3.63) is 23.9 Å². The summed E-state index contributed by atoms with van der Waals surface area (Å²) in [6.07, 6.45) is 6.89. The highest BCUT2D eigenvalue weighted by atomic mass is 16.5. The third-order valence-electron chi connectivity index (χ3n) is 3.01. The number of nitrogens with zero attached hydrogens (tertiary/aromatic N) is 2. The molecule has 0 amide bonds. The Labute approximate surface area is 118 Å². The summed E-state index contributed by atoms with van der Waals surface area (Å²) < 4.78 is 10.5. The van der Waals surface area contributed by atoms with Crippen molar-refractivity contribution >= 4 is 11.8 Å². The van der Waals surface area contributed by atoms with Gasteiger partial charge < -0.3 is 14.4 Å². The lowest BCUT2D eigenvalue weighted by molar-refractivity contribution is -0.00547. The highest BCUT2D eigenvalue weighted by Crippen LogP contribution is 2.18. The summed E-state index contributed by atoms with van der Waals surface area (Å²) in [5.41, 5.74) is 0.401. The number of hydrogen-bond donors (Lipinski definition) is 0. The van der Waals surface area contributed by atoms with Crippen LogP contribution >= 0.6 is 0 Å². The van der Waals surface area contributed by atoms with Crippen LogP contribution in [0.2, 0.25) is 0 Å². The fraction of sp³-hybridized carbons (Fsp3) is 0.467. The first-order valence-corrected chi connectivity index (χ1v) is 6.57. The topological polar surface area (TPSA) is 51.7 Å². The number of terminal acetylenes is 1. The molecule has 0 N–H and O–H groups in total. The second-order valence-electron chi connectivity index (χ2n) is 4.85. The van der Waals surface area contributed by atoms with Crippen molar-refractivity contribution < 1.29 is 14.3 Å². The van der Waals surface area contributed by atoms with Crippen molar-refractivity contribution in [2.45, 2.75) is 26.1 Å². The van der Waals surface area contributed by atoms with E-state index in [2.05, 4.69) is 15.8 Å². The van der Waals surface area contributed by atoms with Gasteiger partial charge in [-0.3, -0.25) is 0 Å². The van der Waals surface area contributed by atoms with Crippen LogP contribution in [-0.2, 0) is 9.47 Å². The minimum atomic E-state index is -0.453. The number of pyridine rings is 1. The third kappa shape index (κ3) is 3.49. The quantitative estimate of drug-likeness (QED) is 0.617. The van der Waals surface area contributed by atoms with Crippen LogP contribution in [0.25, 0.3) is 0 Å². The van der Waals surface area contributed by atoms with E-state index in [-0.39, 0.29) is 18.8 Å². The van der Waals surface area contributed by atoms with Gasteiger partial charge in [0.15, 0.2) is 6.61 Å². The smallest absolute Gasteiger partial charge is 0.340 e. The lowest BCUT2D eigenvalue weighted by Crippen LogP contribution is -2.45. The number of esters is 1. The Morgan fingerprint density at radius 1 is 1.50 bits per heavy atom. The molecule has 20 heavy (non-hydrogen) atoms. The lowest BCUT2D eigenvalue weighted by atomic mass is 10.2. The van der Waals surface area contributed by atoms with Crippen LogP contribution in [0.15, 0.2) is 18.3 Å². The van der Waals surface area contributed by atoms with Gasteiger partial charge in [0.25, 0.3) is 0 Å². The second-order valence-corrected chi connectivity index (χ2v) is 4.85. The van der Waals surface area contributed by atoms with Gasteiger partial charge in [-0.2, -0.15) is 0 Å². The zero-order valence-corrected chi connectivity index (χ0v) is 11.7. The fourth-order valence-electron chi connectivity index (χ4n) is 2.25. The Morgan fingerprint density at radius 3 is 2.75 bits per heavy atom. The molecule has 0 saturated carbocycles. The van der Waals surface area contributed by atoms with Gasteiger partial charge in [-0.1, -0.05) is 5.92 Å². The van der Waals surface area contributed by atoms with E-state index in [4.69, 9.17) is 15.9 Å². The Hall–Kier alpha value is -2.06. The first-order valence-electron chi connectivity index (χ1n) is 6.57. The van der Waals surface area contributed by atoms with E-state index < -0.39 is 5.97 Å². The molecule has 0 bridgehead atoms. The number of aromatic nitrogens is 1. The second kappa shape index (κ2) is 6.40. The maximum absolute atomic E-state index is 11.6. The number of anilines is 1. The molecule has 2 rings (SSSR count). The SMILES string of the molecule is C#CCOC(=O)c1ccc(N2C[C@@H](C)O[C@@H](C)C2)nc1. The van der Waals surface area contributed by atoms with Gasteiger partial charge in [-0.15, -0.1) is 6.42 Å². The largest absolute Gasteiger partial charge is 0.449 e. The Balaban J connectivity index is 2.04. The maximum Gasteiger partial charge on any atom is 0.340 e. The van der Waals surface area contributed by atoms with Crippen molar-refractivity contribution in [1.29, 1.82) is 0 Å². The Bertz CT molecular complexity index is 497. The van der Waals surface area contributed by atoms with Crippen molar-refractivity contribution in [3.63, 3.8) is 0 Å². The molecule has 1 aliphatic heterocycles. The molecule has 5 heteroatoms. The Morgan fingerprint density at radius 2 is 2.20 bits per heavy atom. The van der Waals surface area contributed by atoms with Crippen molar-refractivity contribution in [2.75, 3.05) is 24.6 Å². The van der Waals surface area contributed by atoms with Crippen LogP contribution in [0.5, 0.6) is 0 Å². The molecule has 106 valence electrons. The predicted octanol–water partition coefficient (Wildman–Crippen LogP) is 1.49. The molecule has 0 unspecified atom stereocenters. The summed E-state index contributed by atoms with van der Waals surface area (Å²) in [5.74, 6) is 2.64. The number of hydrogen-bond acceptors (Lipinski definition) is 5. The first-order chi connectivity index (χ1) is 9.60. The zero-order chi connectivity index (χ0) is 14.5. The van der Waals surface area contributed by atoms with Gasteiger partial charge in [0.2, 0.25) is 0 Å². The first kappa shape index (κ1) is 14.4. The zero-order valence-electron chi connectivity index (χ0n) is 11.7. The number of rotatable bonds is 3. The van der Waals surface area contributed by atoms with Gasteiger partial charge >= 0.3 is 5.97 Å². The summed E-state index contributed by atoms with van der Waals surface area (Å²) in [7, 11) is 0. The fourth-order valence-corrected chi connectivity index (χ4v) is 2.25. The van der Waals surface area contributed by atoms with Crippen LogP contribution in [0.3, 0.4) is 0 Å². The molecule has 1 aromatic heterocycles. The van der Waals surface area contributed by atoms with Crippen molar-refractivity contribution in [2.24, 2.45) is 0 Å². The highest BCUT2D eigenvalue weighted by Gasteiger charge is 2.23. The average molecular weight is 274 g/mol. The molecule has 0 aliphatic carbocycles. The van der Waals surface area contributed by atoms with E-state index >= 15 is 0 Å². The van der Waals surface area contributed by atoms with Gasteiger partial charge in [0, 0.05) is 19.3 Å². The molecule has 1 aliphatic rings. The lowest BCUT2D eigenvalue weighted by Gasteiger charge is -2.36. The molecule has 5 nitrogen and oxygen atoms in total. The Kier molecular flexibility index (Phi) is 4.59. The van der Waals surface area contributed by atoms with Crippen LogP contribution in [-0.4, -0.2) is 42.9 Å². The van der Waals surface area contributed by atoms with Crippen LogP contribution in [0.4, 0.5) is 5.82 Å². The van der Waals surface area contributed by atoms with Crippen LogP contribution in [0, 0.1) is 12.3 Å². The minimum Gasteiger partial charge on any atom is -0.449 e. The van der Waals surface area contributed by atoms with E-state index in [9.17, 15) is 4.79 Å². The number of carbonyl (C=O) groups is 1. The van der Waals surface area contributed by atoms with E-state index in [1.807, 2.05) is 19.9 Å². The van der Waals surface area contributed by atoms with E-state index in [1.54, 1.807) is 6.07 Å². The van der Waals surface area contributed by atoms with Crippen LogP contribution < -0.4 is 4.90 Å². The van der Waals surface area contributed by atoms with Gasteiger partial charge in [0.05, 0.1) is 17.8 Å². The molecule has 1 saturated heterocycles. The molecule has 1 aromatic rings. The molecule has 2 atom stereocenters. The highest BCUT2D eigenvalue weighted by molar-refractivity contribution is 5.89. The summed E-state index contributed by atoms with van der Waals surface area (Å²) >= 11 is 0. The molecular weight excluding hydrogens is 256 g/mol. The van der Waals surface area contributed by atoms with Crippen molar-refractivity contribution in [1.82, 2.24) is 4.98 Å². The average Bonchev–Trinajstić information content (AvgIpc) is 2.44. The molecular formula is C15H18N2O3. The molecule has 0 radical (unpaired) electrons. The maximum atomic E-state index is 11.6. The number of carbonyl (C=O) groups excluding carboxylic acids is 1. The standard InChI is InChI=1S/C15H18N2O3/c1-4-7-19-15(18)13-5-6-14(16-8-13)17-9-11(2)20-12(3)10-17/h1,5-6,8,11-12H,7,9-10H2,2-3H3/t11-,12+. The minimum absolute atomic E-state index is 0.0287.